The number of hydrogen-bond acceptors (Lipinski definition) is 2. The zero-order valence-corrected chi connectivity index (χ0v) is 32.9. The Kier molecular flexibility index (Phi) is 8.87. The van der Waals surface area contributed by atoms with Gasteiger partial charge in [-0.2, -0.15) is 0 Å². The van der Waals surface area contributed by atoms with E-state index < -0.39 is 0 Å². The predicted octanol–water partition coefficient (Wildman–Crippen LogP) is 16.5. The lowest BCUT2D eigenvalue weighted by Gasteiger charge is -2.26. The van der Waals surface area contributed by atoms with E-state index in [9.17, 15) is 0 Å². The van der Waals surface area contributed by atoms with Crippen LogP contribution in [0.1, 0.15) is 0 Å². The first-order valence-electron chi connectivity index (χ1n) is 20.5. The van der Waals surface area contributed by atoms with Gasteiger partial charge in [-0.15, -0.1) is 0 Å². The van der Waals surface area contributed by atoms with Crippen molar-refractivity contribution in [3.05, 3.63) is 237 Å². The largest absolute Gasteiger partial charge is 0.455 e. The van der Waals surface area contributed by atoms with Crippen molar-refractivity contribution in [2.24, 2.45) is 0 Å². The van der Waals surface area contributed by atoms with Gasteiger partial charge in [0, 0.05) is 33.2 Å². The van der Waals surface area contributed by atoms with Gasteiger partial charge < -0.3 is 9.32 Å². The molecule has 282 valence electrons. The molecule has 0 spiro atoms. The molecule has 0 atom stereocenters. The molecule has 0 aliphatic rings. The van der Waals surface area contributed by atoms with Gasteiger partial charge >= 0.3 is 0 Å². The standard InChI is InChI=1S/C58H39NO/c1-3-11-40(12-4-1)42-21-23-44(24-22-42)45-29-34-50(35-30-45)59(52-17-9-16-49(39-52)46-27-25-43(26-28-46)41-13-5-2-6-14-41)51-36-31-47(32-37-51)53-19-10-15-48-33-38-55-54-18-7-8-20-56(54)60-58(55)57(48)53/h1-39H. The lowest BCUT2D eigenvalue weighted by Crippen LogP contribution is -2.10. The first-order valence-corrected chi connectivity index (χ1v) is 20.5. The number of para-hydroxylation sites is 1. The molecule has 2 heteroatoms. The topological polar surface area (TPSA) is 16.4 Å². The van der Waals surface area contributed by atoms with Gasteiger partial charge in [0.1, 0.15) is 11.2 Å². The molecule has 0 bridgehead atoms. The van der Waals surface area contributed by atoms with Crippen molar-refractivity contribution in [1.82, 2.24) is 0 Å². The second kappa shape index (κ2) is 15.1. The Bertz CT molecular complexity index is 3260. The summed E-state index contributed by atoms with van der Waals surface area (Å²) in [7, 11) is 0. The fraction of sp³-hybridized carbons (Fsp3) is 0. The Morgan fingerprint density at radius 1 is 0.283 bits per heavy atom. The summed E-state index contributed by atoms with van der Waals surface area (Å²) in [5.74, 6) is 0. The van der Waals surface area contributed by atoms with E-state index in [1.807, 2.05) is 6.07 Å². The van der Waals surface area contributed by atoms with Crippen molar-refractivity contribution in [3.63, 3.8) is 0 Å². The molecule has 10 aromatic carbocycles. The number of anilines is 3. The maximum atomic E-state index is 6.54. The third-order valence-corrected chi connectivity index (χ3v) is 11.7. The summed E-state index contributed by atoms with van der Waals surface area (Å²) in [5, 5.41) is 4.57. The molecule has 0 saturated heterocycles. The minimum atomic E-state index is 0.908. The zero-order chi connectivity index (χ0) is 39.8. The monoisotopic (exact) mass is 765 g/mol. The lowest BCUT2D eigenvalue weighted by molar-refractivity contribution is 0.673. The van der Waals surface area contributed by atoms with Gasteiger partial charge in [-0.1, -0.05) is 188 Å². The van der Waals surface area contributed by atoms with E-state index >= 15 is 0 Å². The molecule has 11 aromatic rings. The first-order chi connectivity index (χ1) is 29.7. The van der Waals surface area contributed by atoms with E-state index in [0.717, 1.165) is 66.5 Å². The van der Waals surface area contributed by atoms with Crippen LogP contribution in [-0.4, -0.2) is 0 Å². The summed E-state index contributed by atoms with van der Waals surface area (Å²) in [6.07, 6.45) is 0. The predicted molar refractivity (Wildman–Crippen MR) is 253 cm³/mol. The minimum absolute atomic E-state index is 0.908. The van der Waals surface area contributed by atoms with Gasteiger partial charge in [-0.3, -0.25) is 0 Å². The maximum absolute atomic E-state index is 6.54. The van der Waals surface area contributed by atoms with E-state index in [1.165, 1.54) is 38.9 Å². The van der Waals surface area contributed by atoms with E-state index in [0.29, 0.717) is 0 Å². The zero-order valence-electron chi connectivity index (χ0n) is 32.9. The molecule has 0 amide bonds. The molecular weight excluding hydrogens is 727 g/mol. The second-order valence-corrected chi connectivity index (χ2v) is 15.3. The molecule has 0 radical (unpaired) electrons. The molecule has 1 aromatic heterocycles. The van der Waals surface area contributed by atoms with Gasteiger partial charge in [0.15, 0.2) is 0 Å². The average molecular weight is 766 g/mol. The van der Waals surface area contributed by atoms with Gasteiger partial charge in [0.05, 0.1) is 0 Å². The van der Waals surface area contributed by atoms with Crippen molar-refractivity contribution in [3.8, 4) is 55.6 Å². The fourth-order valence-electron chi connectivity index (χ4n) is 8.63. The highest BCUT2D eigenvalue weighted by Gasteiger charge is 2.17. The minimum Gasteiger partial charge on any atom is -0.455 e. The summed E-state index contributed by atoms with van der Waals surface area (Å²) in [6, 6.07) is 84.8. The summed E-state index contributed by atoms with van der Waals surface area (Å²) in [4.78, 5) is 2.36. The Morgan fingerprint density at radius 3 is 1.35 bits per heavy atom. The van der Waals surface area contributed by atoms with Crippen LogP contribution >= 0.6 is 0 Å². The van der Waals surface area contributed by atoms with Crippen LogP contribution in [0.5, 0.6) is 0 Å². The van der Waals surface area contributed by atoms with Crippen LogP contribution in [0, 0.1) is 0 Å². The smallest absolute Gasteiger partial charge is 0.143 e. The van der Waals surface area contributed by atoms with Crippen molar-refractivity contribution >= 4 is 49.8 Å². The molecule has 0 aliphatic carbocycles. The van der Waals surface area contributed by atoms with Crippen LogP contribution in [0.25, 0.3) is 88.3 Å². The summed E-state index contributed by atoms with van der Waals surface area (Å²) >= 11 is 0. The number of fused-ring (bicyclic) bond motifs is 5. The lowest BCUT2D eigenvalue weighted by atomic mass is 9.96. The summed E-state index contributed by atoms with van der Waals surface area (Å²) in [5.41, 5.74) is 16.9. The van der Waals surface area contributed by atoms with Crippen LogP contribution < -0.4 is 4.90 Å². The van der Waals surface area contributed by atoms with E-state index in [1.54, 1.807) is 0 Å². The highest BCUT2D eigenvalue weighted by molar-refractivity contribution is 6.19. The van der Waals surface area contributed by atoms with Crippen LogP contribution in [-0.2, 0) is 0 Å². The Balaban J connectivity index is 0.979. The Hall–Kier alpha value is -7.94. The van der Waals surface area contributed by atoms with E-state index in [-0.39, 0.29) is 0 Å². The molecule has 11 rings (SSSR count). The van der Waals surface area contributed by atoms with Gasteiger partial charge in [0.2, 0.25) is 0 Å². The summed E-state index contributed by atoms with van der Waals surface area (Å²) < 4.78 is 6.54. The molecule has 0 unspecified atom stereocenters. The number of furan rings is 1. The van der Waals surface area contributed by atoms with Crippen molar-refractivity contribution in [1.29, 1.82) is 0 Å². The fourth-order valence-corrected chi connectivity index (χ4v) is 8.63. The first kappa shape index (κ1) is 35.2. The molecule has 0 saturated carbocycles. The molecule has 2 nitrogen and oxygen atoms in total. The second-order valence-electron chi connectivity index (χ2n) is 15.3. The average Bonchev–Trinajstić information content (AvgIpc) is 3.72. The number of benzene rings is 10. The van der Waals surface area contributed by atoms with Gasteiger partial charge in [-0.05, 0) is 110 Å². The number of rotatable bonds is 8. The van der Waals surface area contributed by atoms with E-state index in [4.69, 9.17) is 4.42 Å². The van der Waals surface area contributed by atoms with Crippen molar-refractivity contribution in [2.45, 2.75) is 0 Å². The molecular formula is C58H39NO. The SMILES string of the molecule is c1ccc(-c2ccc(-c3ccc(N(c4ccc(-c5cccc6ccc7c8ccccc8oc7c56)cc4)c4cccc(-c5ccc(-c6ccccc6)cc5)c4)cc3)cc2)cc1. The van der Waals surface area contributed by atoms with Gasteiger partial charge in [-0.25, -0.2) is 0 Å². The van der Waals surface area contributed by atoms with Crippen LogP contribution in [0.15, 0.2) is 241 Å². The van der Waals surface area contributed by atoms with Crippen molar-refractivity contribution < 1.29 is 4.42 Å². The number of nitrogens with zero attached hydrogens (tertiary/aromatic N) is 1. The molecule has 0 N–H and O–H groups in total. The summed E-state index contributed by atoms with van der Waals surface area (Å²) in [6.45, 7) is 0. The Morgan fingerprint density at radius 2 is 0.750 bits per heavy atom. The molecule has 1 heterocycles. The molecule has 60 heavy (non-hydrogen) atoms. The van der Waals surface area contributed by atoms with E-state index in [2.05, 4.69) is 235 Å². The normalized spacial score (nSPS) is 11.3. The number of hydrogen-bond donors (Lipinski definition) is 0. The maximum Gasteiger partial charge on any atom is 0.143 e. The van der Waals surface area contributed by atoms with Crippen LogP contribution in [0.3, 0.4) is 0 Å². The van der Waals surface area contributed by atoms with Crippen molar-refractivity contribution in [2.75, 3.05) is 4.90 Å². The third kappa shape index (κ3) is 6.51. The van der Waals surface area contributed by atoms with Crippen LogP contribution in [0.2, 0.25) is 0 Å². The van der Waals surface area contributed by atoms with Crippen LogP contribution in [0.4, 0.5) is 17.1 Å². The molecule has 0 aliphatic heterocycles. The highest BCUT2D eigenvalue weighted by Crippen LogP contribution is 2.42. The highest BCUT2D eigenvalue weighted by atomic mass is 16.3. The quantitative estimate of drug-likeness (QED) is 0.153. The third-order valence-electron chi connectivity index (χ3n) is 11.7. The molecule has 0 fully saturated rings. The van der Waals surface area contributed by atoms with Gasteiger partial charge in [0.25, 0.3) is 0 Å². The Labute approximate surface area is 349 Å².